The van der Waals surface area contributed by atoms with Crippen LogP contribution in [0.1, 0.15) is 17.3 Å². The summed E-state index contributed by atoms with van der Waals surface area (Å²) in [5.74, 6) is 5.63. The Morgan fingerprint density at radius 3 is 2.53 bits per heavy atom. The molecule has 0 saturated heterocycles. The van der Waals surface area contributed by atoms with Gasteiger partial charge in [0.15, 0.2) is 6.61 Å². The zero-order valence-corrected chi connectivity index (χ0v) is 8.74. The molecular formula is C12H12O3. The fourth-order valence-electron chi connectivity index (χ4n) is 0.984. The monoisotopic (exact) mass is 204 g/mol. The summed E-state index contributed by atoms with van der Waals surface area (Å²) in [5, 5.41) is 0. The summed E-state index contributed by atoms with van der Waals surface area (Å²) in [7, 11) is 1.57. The first-order valence-corrected chi connectivity index (χ1v) is 4.48. The van der Waals surface area contributed by atoms with E-state index in [9.17, 15) is 4.79 Å². The molecule has 0 unspecified atom stereocenters. The number of benzene rings is 1. The topological polar surface area (TPSA) is 35.5 Å². The van der Waals surface area contributed by atoms with Gasteiger partial charge >= 0.3 is 5.97 Å². The Hall–Kier alpha value is -1.95. The molecule has 0 radical (unpaired) electrons. The van der Waals surface area contributed by atoms with Crippen molar-refractivity contribution in [3.63, 3.8) is 0 Å². The summed E-state index contributed by atoms with van der Waals surface area (Å²) >= 11 is 0. The molecule has 0 aliphatic rings. The van der Waals surface area contributed by atoms with E-state index >= 15 is 0 Å². The summed E-state index contributed by atoms with van der Waals surface area (Å²) in [6.07, 6.45) is 0. The summed E-state index contributed by atoms with van der Waals surface area (Å²) in [5.41, 5.74) is 0.494. The van der Waals surface area contributed by atoms with Gasteiger partial charge in [0.1, 0.15) is 5.75 Å². The van der Waals surface area contributed by atoms with Gasteiger partial charge in [-0.25, -0.2) is 4.79 Å². The van der Waals surface area contributed by atoms with E-state index in [1.807, 2.05) is 0 Å². The van der Waals surface area contributed by atoms with Gasteiger partial charge in [-0.05, 0) is 31.2 Å². The molecule has 3 nitrogen and oxygen atoms in total. The van der Waals surface area contributed by atoms with Gasteiger partial charge in [-0.3, -0.25) is 0 Å². The Bertz CT molecular complexity index is 382. The fourth-order valence-corrected chi connectivity index (χ4v) is 0.984. The standard InChI is InChI=1S/C12H12O3/c1-3-4-9-15-12(13)10-5-7-11(14-2)8-6-10/h5-8H,9H2,1-2H3. The number of carbonyl (C=O) groups is 1. The van der Waals surface area contributed by atoms with Crippen molar-refractivity contribution in [3.05, 3.63) is 29.8 Å². The minimum absolute atomic E-state index is 0.126. The van der Waals surface area contributed by atoms with E-state index in [1.165, 1.54) is 0 Å². The largest absolute Gasteiger partial charge is 0.497 e. The number of carbonyl (C=O) groups excluding carboxylic acids is 1. The minimum atomic E-state index is -0.375. The van der Waals surface area contributed by atoms with Crippen LogP contribution in [-0.4, -0.2) is 19.7 Å². The fraction of sp³-hybridized carbons (Fsp3) is 0.250. The smallest absolute Gasteiger partial charge is 0.339 e. The molecule has 15 heavy (non-hydrogen) atoms. The van der Waals surface area contributed by atoms with Crippen LogP contribution in [0.2, 0.25) is 0 Å². The van der Waals surface area contributed by atoms with Gasteiger partial charge in [0.25, 0.3) is 0 Å². The van der Waals surface area contributed by atoms with Crippen molar-refractivity contribution in [2.45, 2.75) is 6.92 Å². The van der Waals surface area contributed by atoms with Crippen LogP contribution < -0.4 is 4.74 Å². The van der Waals surface area contributed by atoms with Crippen LogP contribution in [0.25, 0.3) is 0 Å². The summed E-state index contributed by atoms with van der Waals surface area (Å²) in [6.45, 7) is 1.82. The second-order valence-electron chi connectivity index (χ2n) is 2.73. The van der Waals surface area contributed by atoms with Crippen molar-refractivity contribution in [2.75, 3.05) is 13.7 Å². The Kier molecular flexibility index (Phi) is 4.24. The van der Waals surface area contributed by atoms with E-state index in [4.69, 9.17) is 9.47 Å². The molecule has 0 spiro atoms. The van der Waals surface area contributed by atoms with Crippen molar-refractivity contribution >= 4 is 5.97 Å². The molecule has 0 fully saturated rings. The second-order valence-corrected chi connectivity index (χ2v) is 2.73. The van der Waals surface area contributed by atoms with Crippen molar-refractivity contribution < 1.29 is 14.3 Å². The van der Waals surface area contributed by atoms with Gasteiger partial charge < -0.3 is 9.47 Å². The third-order valence-corrected chi connectivity index (χ3v) is 1.78. The Balaban J connectivity index is 2.60. The van der Waals surface area contributed by atoms with E-state index in [2.05, 4.69) is 11.8 Å². The van der Waals surface area contributed by atoms with Gasteiger partial charge in [-0.1, -0.05) is 5.92 Å². The molecule has 0 amide bonds. The number of ether oxygens (including phenoxy) is 2. The first-order valence-electron chi connectivity index (χ1n) is 4.48. The quantitative estimate of drug-likeness (QED) is 0.557. The van der Waals surface area contributed by atoms with E-state index in [1.54, 1.807) is 38.3 Å². The molecule has 0 aliphatic heterocycles. The lowest BCUT2D eigenvalue weighted by Crippen LogP contribution is -2.05. The molecule has 0 aromatic heterocycles. The highest BCUT2D eigenvalue weighted by Crippen LogP contribution is 2.11. The maximum Gasteiger partial charge on any atom is 0.339 e. The molecule has 0 heterocycles. The van der Waals surface area contributed by atoms with Crippen LogP contribution in [0, 0.1) is 11.8 Å². The van der Waals surface area contributed by atoms with Crippen LogP contribution in [0.3, 0.4) is 0 Å². The molecule has 0 aliphatic carbocycles. The maximum absolute atomic E-state index is 11.4. The lowest BCUT2D eigenvalue weighted by atomic mass is 10.2. The molecule has 3 heteroatoms. The van der Waals surface area contributed by atoms with Gasteiger partial charge in [-0.15, -0.1) is 5.92 Å². The third-order valence-electron chi connectivity index (χ3n) is 1.78. The number of esters is 1. The molecule has 1 rings (SSSR count). The summed E-state index contributed by atoms with van der Waals surface area (Å²) < 4.78 is 9.86. The molecule has 0 atom stereocenters. The highest BCUT2D eigenvalue weighted by molar-refractivity contribution is 5.89. The zero-order chi connectivity index (χ0) is 11.1. The Morgan fingerprint density at radius 1 is 1.33 bits per heavy atom. The van der Waals surface area contributed by atoms with Crippen molar-refractivity contribution in [3.8, 4) is 17.6 Å². The average Bonchev–Trinajstić information content (AvgIpc) is 2.29. The van der Waals surface area contributed by atoms with E-state index < -0.39 is 0 Å². The van der Waals surface area contributed by atoms with Crippen LogP contribution >= 0.6 is 0 Å². The molecule has 0 bridgehead atoms. The van der Waals surface area contributed by atoms with Gasteiger partial charge in [-0.2, -0.15) is 0 Å². The minimum Gasteiger partial charge on any atom is -0.497 e. The van der Waals surface area contributed by atoms with Gasteiger partial charge in [0.05, 0.1) is 12.7 Å². The lowest BCUT2D eigenvalue weighted by Gasteiger charge is -2.02. The predicted octanol–water partition coefficient (Wildman–Crippen LogP) is 1.88. The van der Waals surface area contributed by atoms with E-state index in [-0.39, 0.29) is 12.6 Å². The lowest BCUT2D eigenvalue weighted by molar-refractivity contribution is 0.0556. The Labute approximate surface area is 89.0 Å². The zero-order valence-electron chi connectivity index (χ0n) is 8.74. The van der Waals surface area contributed by atoms with Crippen LogP contribution in [0.15, 0.2) is 24.3 Å². The van der Waals surface area contributed by atoms with Crippen LogP contribution in [0.4, 0.5) is 0 Å². The first kappa shape index (κ1) is 11.1. The average molecular weight is 204 g/mol. The molecule has 0 saturated carbocycles. The first-order chi connectivity index (χ1) is 7.27. The van der Waals surface area contributed by atoms with Crippen LogP contribution in [0.5, 0.6) is 5.75 Å². The normalized spacial score (nSPS) is 8.67. The third kappa shape index (κ3) is 3.35. The summed E-state index contributed by atoms with van der Waals surface area (Å²) in [6, 6.07) is 6.73. The highest BCUT2D eigenvalue weighted by atomic mass is 16.5. The number of hydrogen-bond donors (Lipinski definition) is 0. The molecule has 0 N–H and O–H groups in total. The summed E-state index contributed by atoms with van der Waals surface area (Å²) in [4.78, 5) is 11.4. The molecule has 78 valence electrons. The molecule has 1 aromatic rings. The van der Waals surface area contributed by atoms with Gasteiger partial charge in [0.2, 0.25) is 0 Å². The van der Waals surface area contributed by atoms with E-state index in [0.29, 0.717) is 11.3 Å². The maximum atomic E-state index is 11.4. The van der Waals surface area contributed by atoms with Crippen molar-refractivity contribution in [2.24, 2.45) is 0 Å². The highest BCUT2D eigenvalue weighted by Gasteiger charge is 2.05. The second kappa shape index (κ2) is 5.71. The van der Waals surface area contributed by atoms with Gasteiger partial charge in [0, 0.05) is 0 Å². The van der Waals surface area contributed by atoms with E-state index in [0.717, 1.165) is 0 Å². The van der Waals surface area contributed by atoms with Crippen LogP contribution in [-0.2, 0) is 4.74 Å². The molecule has 1 aromatic carbocycles. The number of methoxy groups -OCH3 is 1. The number of rotatable bonds is 3. The van der Waals surface area contributed by atoms with Crippen molar-refractivity contribution in [1.29, 1.82) is 0 Å². The number of hydrogen-bond acceptors (Lipinski definition) is 3. The van der Waals surface area contributed by atoms with Crippen molar-refractivity contribution in [1.82, 2.24) is 0 Å². The molecular weight excluding hydrogens is 192 g/mol. The SMILES string of the molecule is CC#CCOC(=O)c1ccc(OC)cc1. The Morgan fingerprint density at radius 2 is 2.00 bits per heavy atom. The predicted molar refractivity (Wildman–Crippen MR) is 56.7 cm³/mol.